The number of para-hydroxylation sites is 1. The molecule has 0 fully saturated rings. The van der Waals surface area contributed by atoms with E-state index in [1.807, 2.05) is 42.6 Å². The minimum Gasteiger partial charge on any atom is -0.480 e. The van der Waals surface area contributed by atoms with Crippen LogP contribution in [0.5, 0.6) is 0 Å². The van der Waals surface area contributed by atoms with Gasteiger partial charge < -0.3 is 36.8 Å². The second kappa shape index (κ2) is 15.5. The lowest BCUT2D eigenvalue weighted by atomic mass is 10.0. The van der Waals surface area contributed by atoms with Gasteiger partial charge in [0.1, 0.15) is 18.1 Å². The highest BCUT2D eigenvalue weighted by molar-refractivity contribution is 5.94. The van der Waals surface area contributed by atoms with Crippen molar-refractivity contribution in [1.82, 2.24) is 30.9 Å². The molecule has 0 saturated heterocycles. The summed E-state index contributed by atoms with van der Waals surface area (Å²) in [5.74, 6) is -3.07. The summed E-state index contributed by atoms with van der Waals surface area (Å²) in [4.78, 5) is 63.1. The molecule has 4 unspecified atom stereocenters. The number of aromatic nitrogens is 3. The van der Waals surface area contributed by atoms with Crippen LogP contribution < -0.4 is 21.7 Å². The van der Waals surface area contributed by atoms with E-state index >= 15 is 0 Å². The number of aliphatic carboxylic acids is 1. The number of H-pyrrole nitrogens is 2. The number of imidazole rings is 1. The molecule has 0 aliphatic carbocycles. The monoisotopic (exact) mass is 635 g/mol. The summed E-state index contributed by atoms with van der Waals surface area (Å²) in [7, 11) is 0. The number of rotatable bonds is 15. The molecule has 12 heteroatoms. The first-order valence-corrected chi connectivity index (χ1v) is 15.3. The van der Waals surface area contributed by atoms with Gasteiger partial charge in [-0.25, -0.2) is 9.78 Å². The van der Waals surface area contributed by atoms with Crippen molar-refractivity contribution in [2.24, 2.45) is 5.73 Å². The highest BCUT2D eigenvalue weighted by atomic mass is 16.4. The number of carboxylic acid groups (broad SMARTS) is 1. The van der Waals surface area contributed by atoms with E-state index in [9.17, 15) is 24.3 Å². The first kappa shape index (κ1) is 32.6. The molecule has 2 heterocycles. The lowest BCUT2D eigenvalue weighted by Crippen LogP contribution is -2.58. The summed E-state index contributed by atoms with van der Waals surface area (Å²) in [6.07, 6.45) is 5.21. The van der Waals surface area contributed by atoms with E-state index in [4.69, 9.17) is 5.73 Å². The van der Waals surface area contributed by atoms with E-state index in [0.29, 0.717) is 5.69 Å². The van der Waals surface area contributed by atoms with Crippen LogP contribution in [-0.4, -0.2) is 67.9 Å². The number of fused-ring (bicyclic) bond motifs is 1. The van der Waals surface area contributed by atoms with Crippen molar-refractivity contribution in [3.8, 4) is 0 Å². The number of nitrogens with zero attached hydrogens (tertiary/aromatic N) is 1. The number of hydrogen-bond donors (Lipinski definition) is 7. The smallest absolute Gasteiger partial charge is 0.326 e. The molecule has 3 aromatic carbocycles. The van der Waals surface area contributed by atoms with E-state index in [2.05, 4.69) is 30.9 Å². The molecule has 3 amide bonds. The number of aromatic amines is 2. The largest absolute Gasteiger partial charge is 0.480 e. The molecule has 47 heavy (non-hydrogen) atoms. The molecule has 4 atom stereocenters. The molecule has 0 saturated carbocycles. The van der Waals surface area contributed by atoms with Crippen molar-refractivity contribution in [1.29, 1.82) is 0 Å². The average Bonchev–Trinajstić information content (AvgIpc) is 3.75. The third-order valence-electron chi connectivity index (χ3n) is 7.88. The number of benzene rings is 3. The number of amides is 3. The number of nitrogens with two attached hydrogens (primary N) is 1. The zero-order valence-corrected chi connectivity index (χ0v) is 25.6. The Bertz CT molecular complexity index is 1790. The summed E-state index contributed by atoms with van der Waals surface area (Å²) in [6, 6.07) is 21.2. The lowest BCUT2D eigenvalue weighted by molar-refractivity contribution is -0.142. The van der Waals surface area contributed by atoms with E-state index in [-0.39, 0.29) is 25.7 Å². The van der Waals surface area contributed by atoms with Gasteiger partial charge in [-0.1, -0.05) is 78.9 Å². The van der Waals surface area contributed by atoms with Crippen LogP contribution in [0.4, 0.5) is 0 Å². The van der Waals surface area contributed by atoms with Crippen LogP contribution in [0, 0.1) is 0 Å². The Morgan fingerprint density at radius 1 is 0.681 bits per heavy atom. The van der Waals surface area contributed by atoms with Crippen LogP contribution >= 0.6 is 0 Å². The molecular formula is C35H37N7O5. The van der Waals surface area contributed by atoms with Gasteiger partial charge >= 0.3 is 5.97 Å². The summed E-state index contributed by atoms with van der Waals surface area (Å²) in [5, 5.41) is 19.0. The molecule has 12 nitrogen and oxygen atoms in total. The van der Waals surface area contributed by atoms with Gasteiger partial charge in [0.15, 0.2) is 0 Å². The molecule has 0 spiro atoms. The molecule has 5 rings (SSSR count). The zero-order chi connectivity index (χ0) is 33.2. The highest BCUT2D eigenvalue weighted by Crippen LogP contribution is 2.19. The Morgan fingerprint density at radius 3 is 1.85 bits per heavy atom. The Balaban J connectivity index is 1.33. The zero-order valence-electron chi connectivity index (χ0n) is 25.6. The maximum Gasteiger partial charge on any atom is 0.326 e. The number of carbonyl (C=O) groups is 4. The fourth-order valence-electron chi connectivity index (χ4n) is 5.39. The molecule has 242 valence electrons. The summed E-state index contributed by atoms with van der Waals surface area (Å²) >= 11 is 0. The predicted octanol–water partition coefficient (Wildman–Crippen LogP) is 2.03. The summed E-state index contributed by atoms with van der Waals surface area (Å²) in [6.45, 7) is 0. The van der Waals surface area contributed by atoms with Crippen LogP contribution in [-0.2, 0) is 44.9 Å². The maximum absolute atomic E-state index is 13.8. The van der Waals surface area contributed by atoms with E-state index < -0.39 is 47.9 Å². The third kappa shape index (κ3) is 8.92. The molecule has 5 aromatic rings. The van der Waals surface area contributed by atoms with Crippen LogP contribution in [0.25, 0.3) is 10.9 Å². The molecule has 0 radical (unpaired) electrons. The predicted molar refractivity (Wildman–Crippen MR) is 176 cm³/mol. The van der Waals surface area contributed by atoms with Crippen LogP contribution in [0.1, 0.15) is 22.4 Å². The van der Waals surface area contributed by atoms with Crippen molar-refractivity contribution < 1.29 is 24.3 Å². The highest BCUT2D eigenvalue weighted by Gasteiger charge is 2.31. The summed E-state index contributed by atoms with van der Waals surface area (Å²) in [5.41, 5.74) is 10.2. The Hall–Kier alpha value is -5.75. The van der Waals surface area contributed by atoms with Crippen molar-refractivity contribution in [3.63, 3.8) is 0 Å². The van der Waals surface area contributed by atoms with Crippen LogP contribution in [0.2, 0.25) is 0 Å². The Labute approximate surface area is 271 Å². The fraction of sp³-hybridized carbons (Fsp3) is 0.229. The Kier molecular flexibility index (Phi) is 10.8. The normalized spacial score (nSPS) is 13.6. The van der Waals surface area contributed by atoms with Gasteiger partial charge in [0.25, 0.3) is 0 Å². The minimum atomic E-state index is -1.23. The Morgan fingerprint density at radius 2 is 1.23 bits per heavy atom. The van der Waals surface area contributed by atoms with Crippen LogP contribution in [0.3, 0.4) is 0 Å². The van der Waals surface area contributed by atoms with Gasteiger partial charge in [0.2, 0.25) is 17.7 Å². The second-order valence-electron chi connectivity index (χ2n) is 11.4. The van der Waals surface area contributed by atoms with E-state index in [1.54, 1.807) is 48.5 Å². The fourth-order valence-corrected chi connectivity index (χ4v) is 5.39. The standard InChI is InChI=1S/C35H37N7O5/c36-27(17-24-19-38-28-14-8-7-13-26(24)28)32(43)40-30(18-25-20-37-21-39-25)34(45)41-29(15-22-9-3-1-4-10-22)33(44)42-31(35(46)47)16-23-11-5-2-6-12-23/h1-14,19-21,27,29-31,38H,15-18,36H2,(H,37,39)(H,40,43)(H,41,45)(H,42,44)(H,46,47). The topological polar surface area (TPSA) is 195 Å². The number of nitrogens with one attached hydrogen (secondary N) is 5. The third-order valence-corrected chi connectivity index (χ3v) is 7.88. The van der Waals surface area contributed by atoms with Gasteiger partial charge in [-0.3, -0.25) is 14.4 Å². The molecule has 0 aliphatic heterocycles. The minimum absolute atomic E-state index is 0.0445. The van der Waals surface area contributed by atoms with E-state index in [0.717, 1.165) is 27.6 Å². The van der Waals surface area contributed by atoms with Crippen molar-refractivity contribution >= 4 is 34.6 Å². The van der Waals surface area contributed by atoms with Gasteiger partial charge in [-0.15, -0.1) is 0 Å². The van der Waals surface area contributed by atoms with Crippen molar-refractivity contribution in [3.05, 3.63) is 126 Å². The van der Waals surface area contributed by atoms with Crippen molar-refractivity contribution in [2.75, 3.05) is 0 Å². The maximum atomic E-state index is 13.8. The number of carboxylic acids is 1. The molecule has 0 bridgehead atoms. The quantitative estimate of drug-likeness (QED) is 0.0914. The van der Waals surface area contributed by atoms with Crippen molar-refractivity contribution in [2.45, 2.75) is 49.9 Å². The van der Waals surface area contributed by atoms with Gasteiger partial charge in [-0.05, 0) is 29.2 Å². The van der Waals surface area contributed by atoms with Gasteiger partial charge in [0, 0.05) is 48.3 Å². The van der Waals surface area contributed by atoms with Crippen LogP contribution in [0.15, 0.2) is 104 Å². The molecular weight excluding hydrogens is 598 g/mol. The first-order valence-electron chi connectivity index (χ1n) is 15.3. The SMILES string of the molecule is NC(Cc1c[nH]c2ccccc12)C(=O)NC(Cc1cnc[nH]1)C(=O)NC(Cc1ccccc1)C(=O)NC(Cc1ccccc1)C(=O)O. The number of carbonyl (C=O) groups excluding carboxylic acids is 3. The molecule has 2 aromatic heterocycles. The number of hydrogen-bond acceptors (Lipinski definition) is 6. The molecule has 8 N–H and O–H groups in total. The van der Waals surface area contributed by atoms with E-state index in [1.165, 1.54) is 12.5 Å². The second-order valence-corrected chi connectivity index (χ2v) is 11.4. The molecule has 0 aliphatic rings. The first-order chi connectivity index (χ1) is 22.8. The van der Waals surface area contributed by atoms with Gasteiger partial charge in [-0.2, -0.15) is 0 Å². The average molecular weight is 636 g/mol. The summed E-state index contributed by atoms with van der Waals surface area (Å²) < 4.78 is 0. The van der Waals surface area contributed by atoms with Gasteiger partial charge in [0.05, 0.1) is 12.4 Å². The lowest BCUT2D eigenvalue weighted by Gasteiger charge is -2.25.